The molecule has 58 heavy (non-hydrogen) atoms. The maximum atomic E-state index is 13.8. The zero-order valence-electron chi connectivity index (χ0n) is 33.3. The van der Waals surface area contributed by atoms with Crippen LogP contribution in [0.5, 0.6) is 5.75 Å². The normalized spacial score (nSPS) is 12.7. The molecule has 0 saturated carbocycles. The first-order chi connectivity index (χ1) is 27.6. The van der Waals surface area contributed by atoms with Crippen LogP contribution in [0.4, 0.5) is 13.2 Å². The summed E-state index contributed by atoms with van der Waals surface area (Å²) < 4.78 is 46.3. The van der Waals surface area contributed by atoms with Gasteiger partial charge in [-0.2, -0.15) is 13.2 Å². The Hall–Kier alpha value is -5.84. The fraction of sp³-hybridized carbons (Fsp3) is 0.340. The molecule has 1 heterocycles. The smallest absolute Gasteiger partial charge is 0.416 e. The van der Waals surface area contributed by atoms with Crippen LogP contribution in [0.2, 0.25) is 0 Å². The van der Waals surface area contributed by atoms with Gasteiger partial charge in [-0.05, 0) is 64.8 Å². The molecule has 0 fully saturated rings. The molecule has 1 amide bonds. The van der Waals surface area contributed by atoms with E-state index in [1.54, 1.807) is 48.8 Å². The summed E-state index contributed by atoms with van der Waals surface area (Å²) >= 11 is 0. The number of amides is 1. The lowest BCUT2D eigenvalue weighted by Crippen LogP contribution is -2.39. The molecule has 8 nitrogen and oxygen atoms in total. The number of nitrogens with zero attached hydrogens (tertiary/aromatic N) is 2. The number of rotatable bonds is 18. The maximum Gasteiger partial charge on any atom is 0.416 e. The Balaban J connectivity index is 1.30. The number of carbonyl (C=O) groups is 3. The number of aliphatic carboxylic acids is 1. The van der Waals surface area contributed by atoms with Crippen molar-refractivity contribution in [3.63, 3.8) is 0 Å². The van der Waals surface area contributed by atoms with Crippen LogP contribution in [-0.2, 0) is 27.6 Å². The van der Waals surface area contributed by atoms with Gasteiger partial charge in [0.15, 0.2) is 17.6 Å². The number of Topliss-reactive ketones (excluding diaryl/α,β-unsaturated/α-hetero) is 1. The van der Waals surface area contributed by atoms with Gasteiger partial charge in [0.25, 0.3) is 0 Å². The van der Waals surface area contributed by atoms with Crippen molar-refractivity contribution < 1.29 is 37.4 Å². The molecule has 5 rings (SSSR count). The largest absolute Gasteiger partial charge is 0.494 e. The van der Waals surface area contributed by atoms with E-state index >= 15 is 0 Å². The van der Waals surface area contributed by atoms with Crippen LogP contribution < -0.4 is 10.1 Å². The van der Waals surface area contributed by atoms with E-state index in [1.165, 1.54) is 25.3 Å². The van der Waals surface area contributed by atoms with Crippen molar-refractivity contribution in [2.45, 2.75) is 90.3 Å². The highest BCUT2D eigenvalue weighted by Gasteiger charge is 2.33. The van der Waals surface area contributed by atoms with Crippen molar-refractivity contribution in [2.24, 2.45) is 5.92 Å². The van der Waals surface area contributed by atoms with E-state index in [1.807, 2.05) is 57.2 Å². The number of alkyl halides is 3. The van der Waals surface area contributed by atoms with Crippen molar-refractivity contribution in [3.05, 3.63) is 137 Å². The quantitative estimate of drug-likeness (QED) is 0.0670. The standard InChI is InChI=1S/C47H50F3N3O5/c1-5-6-7-8-9-25-58-40-23-19-32(20-24-40)37-29-51-43(52-30-37)34-15-13-31(14-16-34)26-36(28-41(54)33-17-21-38(22-18-33)46(2,3)4)44(55)53-42(45(56)57)35-11-10-12-39(27-35)47(48,49)50/h10-24,27,29-30,36,42H,5-9,25-26,28H2,1-4H3,(H,53,55)(H,56,57)/t36-,42?/m1/s1. The lowest BCUT2D eigenvalue weighted by atomic mass is 9.85. The summed E-state index contributed by atoms with van der Waals surface area (Å²) in [6.07, 6.45) is 4.41. The highest BCUT2D eigenvalue weighted by atomic mass is 19.4. The van der Waals surface area contributed by atoms with E-state index in [2.05, 4.69) is 22.2 Å². The van der Waals surface area contributed by atoms with Crippen molar-refractivity contribution in [1.82, 2.24) is 15.3 Å². The van der Waals surface area contributed by atoms with Crippen LogP contribution >= 0.6 is 0 Å². The van der Waals surface area contributed by atoms with Gasteiger partial charge in [-0.1, -0.05) is 126 Å². The third-order valence-electron chi connectivity index (χ3n) is 10.0. The number of hydrogen-bond donors (Lipinski definition) is 2. The molecular formula is C47H50F3N3O5. The van der Waals surface area contributed by atoms with Gasteiger partial charge in [-0.3, -0.25) is 9.59 Å². The number of unbranched alkanes of at least 4 members (excludes halogenated alkanes) is 4. The average Bonchev–Trinajstić information content (AvgIpc) is 3.21. The Kier molecular flexibility index (Phi) is 14.6. The number of aromatic nitrogens is 2. The second-order valence-electron chi connectivity index (χ2n) is 15.5. The number of nitrogens with one attached hydrogen (secondary N) is 1. The van der Waals surface area contributed by atoms with E-state index in [4.69, 9.17) is 4.74 Å². The van der Waals surface area contributed by atoms with Gasteiger partial charge < -0.3 is 15.2 Å². The third kappa shape index (κ3) is 12.1. The van der Waals surface area contributed by atoms with Gasteiger partial charge >= 0.3 is 12.1 Å². The van der Waals surface area contributed by atoms with Gasteiger partial charge in [-0.25, -0.2) is 14.8 Å². The van der Waals surface area contributed by atoms with E-state index in [9.17, 15) is 32.7 Å². The molecule has 11 heteroatoms. The van der Waals surface area contributed by atoms with Gasteiger partial charge in [0.2, 0.25) is 5.91 Å². The summed E-state index contributed by atoms with van der Waals surface area (Å²) in [5.74, 6) is -2.42. The van der Waals surface area contributed by atoms with E-state index < -0.39 is 35.6 Å². The lowest BCUT2D eigenvalue weighted by molar-refractivity contribution is -0.143. The fourth-order valence-corrected chi connectivity index (χ4v) is 6.54. The zero-order chi connectivity index (χ0) is 41.9. The van der Waals surface area contributed by atoms with E-state index in [0.717, 1.165) is 47.4 Å². The number of carbonyl (C=O) groups excluding carboxylic acids is 2. The second-order valence-corrected chi connectivity index (χ2v) is 15.5. The first-order valence-corrected chi connectivity index (χ1v) is 19.6. The summed E-state index contributed by atoms with van der Waals surface area (Å²) in [6, 6.07) is 24.1. The Morgan fingerprint density at radius 2 is 1.40 bits per heavy atom. The third-order valence-corrected chi connectivity index (χ3v) is 10.0. The monoisotopic (exact) mass is 793 g/mol. The molecule has 1 aromatic heterocycles. The number of ether oxygens (including phenoxy) is 1. The Morgan fingerprint density at radius 1 is 0.759 bits per heavy atom. The molecule has 2 atom stereocenters. The molecule has 4 aromatic carbocycles. The Labute approximate surface area is 337 Å². The maximum absolute atomic E-state index is 13.8. The van der Waals surface area contributed by atoms with Crippen LogP contribution in [0.25, 0.3) is 22.5 Å². The van der Waals surface area contributed by atoms with Crippen molar-refractivity contribution in [3.8, 4) is 28.3 Å². The first kappa shape index (κ1) is 43.3. The number of carboxylic acid groups (broad SMARTS) is 1. The summed E-state index contributed by atoms with van der Waals surface area (Å²) in [4.78, 5) is 48.9. The molecule has 0 aliphatic heterocycles. The molecule has 0 aliphatic carbocycles. The van der Waals surface area contributed by atoms with Crippen LogP contribution in [0, 0.1) is 5.92 Å². The molecule has 5 aromatic rings. The Morgan fingerprint density at radius 3 is 2.00 bits per heavy atom. The minimum atomic E-state index is -4.71. The number of benzene rings is 4. The fourth-order valence-electron chi connectivity index (χ4n) is 6.54. The number of ketones is 1. The second kappa shape index (κ2) is 19.5. The first-order valence-electron chi connectivity index (χ1n) is 19.6. The molecule has 304 valence electrons. The molecule has 1 unspecified atom stereocenters. The summed E-state index contributed by atoms with van der Waals surface area (Å²) in [5.41, 5.74) is 3.13. The SMILES string of the molecule is CCCCCCCOc1ccc(-c2cnc(-c3ccc(C[C@H](CC(=O)c4ccc(C(C)(C)C)cc4)C(=O)NC(C(=O)O)c4cccc(C(F)(F)F)c4)cc3)nc2)cc1. The molecule has 2 N–H and O–H groups in total. The lowest BCUT2D eigenvalue weighted by Gasteiger charge is -2.22. The molecule has 0 bridgehead atoms. The summed E-state index contributed by atoms with van der Waals surface area (Å²) in [6.45, 7) is 9.03. The van der Waals surface area contributed by atoms with Crippen LogP contribution in [0.1, 0.15) is 105 Å². The zero-order valence-corrected chi connectivity index (χ0v) is 33.3. The number of halogens is 3. The topological polar surface area (TPSA) is 118 Å². The van der Waals surface area contributed by atoms with Gasteiger partial charge in [0.05, 0.1) is 12.2 Å². The molecular weight excluding hydrogens is 744 g/mol. The Bertz CT molecular complexity index is 2130. The minimum Gasteiger partial charge on any atom is -0.494 e. The van der Waals surface area contributed by atoms with Crippen LogP contribution in [0.15, 0.2) is 109 Å². The highest BCUT2D eigenvalue weighted by Crippen LogP contribution is 2.32. The van der Waals surface area contributed by atoms with Gasteiger partial charge in [0, 0.05) is 41.4 Å². The number of carboxylic acids is 1. The van der Waals surface area contributed by atoms with Crippen molar-refractivity contribution in [1.29, 1.82) is 0 Å². The molecule has 0 radical (unpaired) electrons. The molecule has 0 aliphatic rings. The van der Waals surface area contributed by atoms with E-state index in [-0.39, 0.29) is 29.6 Å². The summed E-state index contributed by atoms with van der Waals surface area (Å²) in [5, 5.41) is 12.4. The predicted molar refractivity (Wildman–Crippen MR) is 218 cm³/mol. The minimum absolute atomic E-state index is 0.0468. The predicted octanol–water partition coefficient (Wildman–Crippen LogP) is 10.8. The molecule has 0 saturated heterocycles. The highest BCUT2D eigenvalue weighted by molar-refractivity contribution is 5.99. The number of hydrogen-bond acceptors (Lipinski definition) is 6. The average molecular weight is 794 g/mol. The van der Waals surface area contributed by atoms with E-state index in [0.29, 0.717) is 35.2 Å². The van der Waals surface area contributed by atoms with Crippen molar-refractivity contribution >= 4 is 17.7 Å². The van der Waals surface area contributed by atoms with Gasteiger partial charge in [0.1, 0.15) is 5.75 Å². The molecule has 0 spiro atoms. The van der Waals surface area contributed by atoms with Gasteiger partial charge in [-0.15, -0.1) is 0 Å². The van der Waals surface area contributed by atoms with Crippen LogP contribution in [0.3, 0.4) is 0 Å². The van der Waals surface area contributed by atoms with Crippen LogP contribution in [-0.4, -0.2) is 39.3 Å². The summed E-state index contributed by atoms with van der Waals surface area (Å²) in [7, 11) is 0. The van der Waals surface area contributed by atoms with Crippen molar-refractivity contribution in [2.75, 3.05) is 6.61 Å².